The van der Waals surface area contributed by atoms with Crippen LogP contribution in [0.1, 0.15) is 65.2 Å². The maximum atomic E-state index is 12.2. The van der Waals surface area contributed by atoms with Gasteiger partial charge in [-0.2, -0.15) is 0 Å². The molecule has 178 valence electrons. The van der Waals surface area contributed by atoms with Gasteiger partial charge in [0.15, 0.2) is 6.10 Å². The summed E-state index contributed by atoms with van der Waals surface area (Å²) >= 11 is 0. The number of hydrogen-bond acceptors (Lipinski definition) is 7. The third-order valence-electron chi connectivity index (χ3n) is 5.10. The molecule has 0 spiro atoms. The van der Waals surface area contributed by atoms with Gasteiger partial charge in [0.25, 0.3) is 0 Å². The number of ether oxygens (including phenoxy) is 1. The molecule has 0 bridgehead atoms. The van der Waals surface area contributed by atoms with Gasteiger partial charge in [0.1, 0.15) is 18.3 Å². The smallest absolute Gasteiger partial charge is 0.370 e. The second-order valence-corrected chi connectivity index (χ2v) is 7.78. The molecule has 0 fully saturated rings. The minimum absolute atomic E-state index is 0.200. The molecule has 31 heavy (non-hydrogen) atoms. The maximum Gasteiger partial charge on any atom is 0.370 e. The highest BCUT2D eigenvalue weighted by molar-refractivity contribution is 5.84. The molecule has 10 nitrogen and oxygen atoms in total. The van der Waals surface area contributed by atoms with Gasteiger partial charge in [0, 0.05) is 19.4 Å². The molecule has 10 heteroatoms. The van der Waals surface area contributed by atoms with Crippen LogP contribution in [-0.4, -0.2) is 75.2 Å². The summed E-state index contributed by atoms with van der Waals surface area (Å²) in [6.45, 7) is 3.71. The third kappa shape index (κ3) is 9.24. The van der Waals surface area contributed by atoms with Crippen molar-refractivity contribution in [2.75, 3.05) is 6.54 Å². The van der Waals surface area contributed by atoms with Gasteiger partial charge in [0.05, 0.1) is 6.04 Å². The number of hydrogen-bond donors (Lipinski definition) is 6. The summed E-state index contributed by atoms with van der Waals surface area (Å²) in [6.07, 6.45) is 0.368. The van der Waals surface area contributed by atoms with E-state index in [2.05, 4.69) is 10.6 Å². The van der Waals surface area contributed by atoms with E-state index in [0.29, 0.717) is 12.8 Å². The Morgan fingerprint density at radius 2 is 1.61 bits per heavy atom. The van der Waals surface area contributed by atoms with Crippen LogP contribution in [0.3, 0.4) is 0 Å². The van der Waals surface area contributed by atoms with E-state index in [1.165, 1.54) is 0 Å². The highest BCUT2D eigenvalue weighted by Crippen LogP contribution is 2.23. The number of aliphatic hydroxyl groups excluding tert-OH is 3. The number of carbonyl (C=O) groups excluding carboxylic acids is 2. The van der Waals surface area contributed by atoms with Gasteiger partial charge in [-0.15, -0.1) is 0 Å². The minimum atomic E-state index is -1.67. The second-order valence-electron chi connectivity index (χ2n) is 7.78. The van der Waals surface area contributed by atoms with Crippen LogP contribution < -0.4 is 10.6 Å². The van der Waals surface area contributed by atoms with Crippen LogP contribution in [-0.2, 0) is 19.1 Å². The fraction of sp³-hybridized carbons (Fsp3) is 0.762. The predicted octanol–water partition coefficient (Wildman–Crippen LogP) is 0.198. The molecule has 1 aliphatic rings. The SMILES string of the molecule is CCCCCC(=O)NC[C@@H](O)[C@@H](O)[C@@H]1OC(C(=O)O)=C[C@H](O)[C@H]1NC(=O)CCCCC. The molecular formula is C21H36N2O8. The number of nitrogens with one attached hydrogen (secondary N) is 2. The van der Waals surface area contributed by atoms with Crippen LogP contribution in [0.2, 0.25) is 0 Å². The van der Waals surface area contributed by atoms with Crippen molar-refractivity contribution in [3.8, 4) is 0 Å². The molecule has 0 unspecified atom stereocenters. The first-order chi connectivity index (χ1) is 14.7. The normalized spacial score (nSPS) is 22.6. The molecule has 0 aromatic heterocycles. The molecule has 0 saturated carbocycles. The molecule has 1 heterocycles. The first-order valence-electron chi connectivity index (χ1n) is 10.9. The predicted molar refractivity (Wildman–Crippen MR) is 112 cm³/mol. The van der Waals surface area contributed by atoms with E-state index in [0.717, 1.165) is 31.8 Å². The number of carboxylic acid groups (broad SMARTS) is 1. The van der Waals surface area contributed by atoms with Gasteiger partial charge >= 0.3 is 5.97 Å². The number of amides is 2. The van der Waals surface area contributed by atoms with E-state index in [1.54, 1.807) is 0 Å². The highest BCUT2D eigenvalue weighted by Gasteiger charge is 2.43. The van der Waals surface area contributed by atoms with Crippen LogP contribution in [0.4, 0.5) is 0 Å². The van der Waals surface area contributed by atoms with Crippen molar-refractivity contribution < 1.29 is 39.5 Å². The fourth-order valence-corrected chi connectivity index (χ4v) is 3.26. The van der Waals surface area contributed by atoms with Crippen molar-refractivity contribution in [3.63, 3.8) is 0 Å². The zero-order valence-corrected chi connectivity index (χ0v) is 18.2. The monoisotopic (exact) mass is 444 g/mol. The fourth-order valence-electron chi connectivity index (χ4n) is 3.26. The molecular weight excluding hydrogens is 408 g/mol. The Hall–Kier alpha value is -2.17. The van der Waals surface area contributed by atoms with Crippen LogP contribution >= 0.6 is 0 Å². The van der Waals surface area contributed by atoms with E-state index in [9.17, 15) is 34.8 Å². The van der Waals surface area contributed by atoms with Crippen molar-refractivity contribution in [2.24, 2.45) is 0 Å². The molecule has 1 rings (SSSR count). The lowest BCUT2D eigenvalue weighted by molar-refractivity contribution is -0.148. The van der Waals surface area contributed by atoms with Crippen LogP contribution in [0.25, 0.3) is 0 Å². The molecule has 0 radical (unpaired) electrons. The van der Waals surface area contributed by atoms with Crippen LogP contribution in [0.5, 0.6) is 0 Å². The van der Waals surface area contributed by atoms with E-state index in [4.69, 9.17) is 4.74 Å². The van der Waals surface area contributed by atoms with E-state index in [1.807, 2.05) is 13.8 Å². The number of aliphatic hydroxyl groups is 3. The quantitative estimate of drug-likeness (QED) is 0.207. The molecule has 1 aliphatic heterocycles. The standard InChI is InChI=1S/C21H36N2O8/c1-3-5-7-9-16(26)22-12-14(25)19(28)20-18(23-17(27)10-8-6-4-2)13(24)11-15(31-20)21(29)30/h11,13-14,18-20,24-25,28H,3-10,12H2,1-2H3,(H,22,26)(H,23,27)(H,29,30)/t13-,14+,18+,19+,20+/m0/s1. The molecule has 5 atom stereocenters. The van der Waals surface area contributed by atoms with Crippen molar-refractivity contribution in [1.29, 1.82) is 0 Å². The topological polar surface area (TPSA) is 165 Å². The van der Waals surface area contributed by atoms with Gasteiger partial charge in [-0.1, -0.05) is 39.5 Å². The number of aliphatic carboxylic acids is 1. The molecule has 2 amide bonds. The minimum Gasteiger partial charge on any atom is -0.478 e. The van der Waals surface area contributed by atoms with Crippen molar-refractivity contribution >= 4 is 17.8 Å². The lowest BCUT2D eigenvalue weighted by Crippen LogP contribution is -2.60. The van der Waals surface area contributed by atoms with Gasteiger partial charge < -0.3 is 35.8 Å². The Morgan fingerprint density at radius 1 is 1.03 bits per heavy atom. The third-order valence-corrected chi connectivity index (χ3v) is 5.10. The van der Waals surface area contributed by atoms with Gasteiger partial charge in [-0.05, 0) is 18.9 Å². The summed E-state index contributed by atoms with van der Waals surface area (Å²) < 4.78 is 5.29. The average Bonchev–Trinajstić information content (AvgIpc) is 2.73. The molecule has 0 aromatic rings. The van der Waals surface area contributed by atoms with E-state index < -0.39 is 42.2 Å². The molecule has 0 aromatic carbocycles. The number of rotatable bonds is 14. The van der Waals surface area contributed by atoms with Gasteiger partial charge in [-0.25, -0.2) is 4.79 Å². The first kappa shape index (κ1) is 26.9. The summed E-state index contributed by atoms with van der Waals surface area (Å²) in [4.78, 5) is 35.3. The summed E-state index contributed by atoms with van der Waals surface area (Å²) in [7, 11) is 0. The lowest BCUT2D eigenvalue weighted by atomic mass is 9.93. The number of unbranched alkanes of at least 4 members (excludes halogenated alkanes) is 4. The van der Waals surface area contributed by atoms with Crippen molar-refractivity contribution in [3.05, 3.63) is 11.8 Å². The molecule has 6 N–H and O–H groups in total. The zero-order valence-electron chi connectivity index (χ0n) is 18.2. The summed E-state index contributed by atoms with van der Waals surface area (Å²) in [6, 6.07) is -1.16. The zero-order chi connectivity index (χ0) is 23.4. The summed E-state index contributed by atoms with van der Waals surface area (Å²) in [5.41, 5.74) is 0. The highest BCUT2D eigenvalue weighted by atomic mass is 16.5. The number of carboxylic acids is 1. The second kappa shape index (κ2) is 14.0. The van der Waals surface area contributed by atoms with Gasteiger partial charge in [0.2, 0.25) is 17.6 Å². The van der Waals surface area contributed by atoms with Crippen molar-refractivity contribution in [2.45, 2.75) is 95.7 Å². The number of carbonyl (C=O) groups is 3. The Morgan fingerprint density at radius 3 is 2.16 bits per heavy atom. The van der Waals surface area contributed by atoms with E-state index in [-0.39, 0.29) is 31.2 Å². The van der Waals surface area contributed by atoms with Gasteiger partial charge in [-0.3, -0.25) is 9.59 Å². The molecule has 0 aliphatic carbocycles. The van der Waals surface area contributed by atoms with E-state index >= 15 is 0 Å². The maximum absolute atomic E-state index is 12.2. The van der Waals surface area contributed by atoms with Crippen molar-refractivity contribution in [1.82, 2.24) is 10.6 Å². The Labute approximate surface area is 182 Å². The first-order valence-corrected chi connectivity index (χ1v) is 10.9. The molecule has 0 saturated heterocycles. The Kier molecular flexibility index (Phi) is 12.1. The van der Waals surface area contributed by atoms with Crippen LogP contribution in [0, 0.1) is 0 Å². The largest absolute Gasteiger partial charge is 0.478 e. The summed E-state index contributed by atoms with van der Waals surface area (Å²) in [5.74, 6) is -2.72. The van der Waals surface area contributed by atoms with Crippen LogP contribution in [0.15, 0.2) is 11.8 Å². The Balaban J connectivity index is 2.80. The Bertz CT molecular complexity index is 625. The lowest BCUT2D eigenvalue weighted by Gasteiger charge is -2.38. The summed E-state index contributed by atoms with van der Waals surface area (Å²) in [5, 5.41) is 45.5. The average molecular weight is 445 g/mol.